The van der Waals surface area contributed by atoms with Gasteiger partial charge < -0.3 is 5.32 Å². The molecule has 1 aliphatic rings. The van der Waals surface area contributed by atoms with E-state index in [1.807, 2.05) is 0 Å². The normalized spacial score (nSPS) is 16.1. The predicted octanol–water partition coefficient (Wildman–Crippen LogP) is 2.27. The van der Waals surface area contributed by atoms with Crippen molar-refractivity contribution in [2.45, 2.75) is 30.3 Å². The number of halogens is 3. The molecule has 0 spiro atoms. The van der Waals surface area contributed by atoms with Gasteiger partial charge in [-0.15, -0.1) is 0 Å². The number of sulfonamides is 1. The fourth-order valence-electron chi connectivity index (χ4n) is 1.89. The van der Waals surface area contributed by atoms with Crippen LogP contribution >= 0.6 is 0 Å². The van der Waals surface area contributed by atoms with Gasteiger partial charge in [0.15, 0.2) is 0 Å². The van der Waals surface area contributed by atoms with Gasteiger partial charge in [0.2, 0.25) is 15.9 Å². The Bertz CT molecular complexity index is 637. The standard InChI is InChI=1S/C13H15F3N2O3S/c14-13(15,16)8-17-22(20,21)11-6-4-10(5-7-11)18-12(19)9-2-1-3-9/h4-7,9,17H,1-3,8H2,(H,18,19). The number of amides is 1. The molecule has 0 atom stereocenters. The summed E-state index contributed by atoms with van der Waals surface area (Å²) in [5.74, 6) is -0.145. The summed E-state index contributed by atoms with van der Waals surface area (Å²) in [5, 5.41) is 2.64. The summed E-state index contributed by atoms with van der Waals surface area (Å²) in [6, 6.07) is 4.99. The summed E-state index contributed by atoms with van der Waals surface area (Å²) in [6.45, 7) is -1.63. The van der Waals surface area contributed by atoms with Gasteiger partial charge >= 0.3 is 6.18 Å². The Kier molecular flexibility index (Phi) is 4.76. The van der Waals surface area contributed by atoms with Crippen LogP contribution in [-0.2, 0) is 14.8 Å². The van der Waals surface area contributed by atoms with Crippen LogP contribution in [0.25, 0.3) is 0 Å². The number of benzene rings is 1. The molecular formula is C13H15F3N2O3S. The average Bonchev–Trinajstić information content (AvgIpc) is 2.34. The van der Waals surface area contributed by atoms with Gasteiger partial charge in [-0.1, -0.05) is 6.42 Å². The molecule has 0 aliphatic heterocycles. The Morgan fingerprint density at radius 3 is 2.23 bits per heavy atom. The van der Waals surface area contributed by atoms with Crippen molar-refractivity contribution in [3.05, 3.63) is 24.3 Å². The van der Waals surface area contributed by atoms with Gasteiger partial charge in [0.05, 0.1) is 4.90 Å². The Hall–Kier alpha value is -1.61. The lowest BCUT2D eigenvalue weighted by Crippen LogP contribution is -2.33. The van der Waals surface area contributed by atoms with Gasteiger partial charge in [0, 0.05) is 11.6 Å². The topological polar surface area (TPSA) is 75.3 Å². The maximum atomic E-state index is 12.0. The monoisotopic (exact) mass is 336 g/mol. The fraction of sp³-hybridized carbons (Fsp3) is 0.462. The molecule has 1 aromatic carbocycles. The van der Waals surface area contributed by atoms with Gasteiger partial charge in [-0.2, -0.15) is 13.2 Å². The summed E-state index contributed by atoms with van der Waals surface area (Å²) in [5.41, 5.74) is 0.409. The Balaban J connectivity index is 1.99. The lowest BCUT2D eigenvalue weighted by Gasteiger charge is -2.24. The van der Waals surface area contributed by atoms with Crippen molar-refractivity contribution in [1.29, 1.82) is 0 Å². The van der Waals surface area contributed by atoms with E-state index in [1.54, 1.807) is 0 Å². The van der Waals surface area contributed by atoms with Crippen LogP contribution in [0.15, 0.2) is 29.2 Å². The second kappa shape index (κ2) is 6.25. The maximum absolute atomic E-state index is 12.0. The first-order valence-electron chi connectivity index (χ1n) is 6.65. The third kappa shape index (κ3) is 4.44. The second-order valence-corrected chi connectivity index (χ2v) is 6.85. The third-order valence-electron chi connectivity index (χ3n) is 3.37. The van der Waals surface area contributed by atoms with E-state index in [2.05, 4.69) is 5.32 Å². The first-order valence-corrected chi connectivity index (χ1v) is 8.13. The third-order valence-corrected chi connectivity index (χ3v) is 4.79. The van der Waals surface area contributed by atoms with Crippen LogP contribution in [0, 0.1) is 5.92 Å². The van der Waals surface area contributed by atoms with Crippen molar-refractivity contribution in [2.24, 2.45) is 5.92 Å². The van der Waals surface area contributed by atoms with Crippen LogP contribution < -0.4 is 10.0 Å². The highest BCUT2D eigenvalue weighted by Gasteiger charge is 2.30. The van der Waals surface area contributed by atoms with Gasteiger partial charge in [-0.05, 0) is 37.1 Å². The van der Waals surface area contributed by atoms with Crippen molar-refractivity contribution < 1.29 is 26.4 Å². The molecule has 122 valence electrons. The fourth-order valence-corrected chi connectivity index (χ4v) is 2.91. The molecule has 0 bridgehead atoms. The Morgan fingerprint density at radius 1 is 1.18 bits per heavy atom. The number of carbonyl (C=O) groups excluding carboxylic acids is 1. The predicted molar refractivity (Wildman–Crippen MR) is 73.7 cm³/mol. The number of nitrogens with one attached hydrogen (secondary N) is 2. The van der Waals surface area contributed by atoms with Crippen molar-refractivity contribution in [3.8, 4) is 0 Å². The first kappa shape index (κ1) is 16.8. The molecule has 1 aromatic rings. The average molecular weight is 336 g/mol. The number of anilines is 1. The number of hydrogen-bond donors (Lipinski definition) is 2. The molecule has 1 amide bonds. The molecule has 22 heavy (non-hydrogen) atoms. The van der Waals surface area contributed by atoms with Gasteiger partial charge in [-0.25, -0.2) is 13.1 Å². The highest BCUT2D eigenvalue weighted by molar-refractivity contribution is 7.89. The SMILES string of the molecule is O=C(Nc1ccc(S(=O)(=O)NCC(F)(F)F)cc1)C1CCC1. The van der Waals surface area contributed by atoms with Crippen molar-refractivity contribution in [2.75, 3.05) is 11.9 Å². The van der Waals surface area contributed by atoms with Gasteiger partial charge in [0.25, 0.3) is 0 Å². The number of rotatable bonds is 5. The molecule has 5 nitrogen and oxygen atoms in total. The van der Waals surface area contributed by atoms with Crippen LogP contribution in [0.5, 0.6) is 0 Å². The molecule has 1 aliphatic carbocycles. The van der Waals surface area contributed by atoms with E-state index in [-0.39, 0.29) is 16.7 Å². The van der Waals surface area contributed by atoms with E-state index in [0.29, 0.717) is 5.69 Å². The lowest BCUT2D eigenvalue weighted by atomic mass is 9.85. The van der Waals surface area contributed by atoms with Crippen molar-refractivity contribution in [3.63, 3.8) is 0 Å². The molecule has 0 heterocycles. The highest BCUT2D eigenvalue weighted by Crippen LogP contribution is 2.27. The smallest absolute Gasteiger partial charge is 0.326 e. The first-order chi connectivity index (χ1) is 10.2. The minimum Gasteiger partial charge on any atom is -0.326 e. The molecule has 0 radical (unpaired) electrons. The summed E-state index contributed by atoms with van der Waals surface area (Å²) < 4.78 is 61.0. The van der Waals surface area contributed by atoms with Crippen LogP contribution in [0.2, 0.25) is 0 Å². The molecule has 1 saturated carbocycles. The van der Waals surface area contributed by atoms with Gasteiger partial charge in [-0.3, -0.25) is 4.79 Å². The summed E-state index contributed by atoms with van der Waals surface area (Å²) in [6.07, 6.45) is -1.94. The van der Waals surface area contributed by atoms with Crippen molar-refractivity contribution >= 4 is 21.6 Å². The summed E-state index contributed by atoms with van der Waals surface area (Å²) in [7, 11) is -4.23. The molecule has 1 fully saturated rings. The van der Waals surface area contributed by atoms with E-state index in [9.17, 15) is 26.4 Å². The van der Waals surface area contributed by atoms with E-state index in [4.69, 9.17) is 0 Å². The van der Waals surface area contributed by atoms with Crippen molar-refractivity contribution in [1.82, 2.24) is 4.72 Å². The molecule has 2 rings (SSSR count). The zero-order valence-electron chi connectivity index (χ0n) is 11.5. The van der Waals surface area contributed by atoms with Crippen LogP contribution in [-0.4, -0.2) is 27.0 Å². The number of carbonyl (C=O) groups is 1. The second-order valence-electron chi connectivity index (χ2n) is 5.08. The van der Waals surface area contributed by atoms with Crippen LogP contribution in [0.1, 0.15) is 19.3 Å². The molecule has 0 unspecified atom stereocenters. The Labute approximate surface area is 125 Å². The largest absolute Gasteiger partial charge is 0.402 e. The zero-order valence-corrected chi connectivity index (χ0v) is 12.3. The van der Waals surface area contributed by atoms with Gasteiger partial charge in [0.1, 0.15) is 6.54 Å². The van der Waals surface area contributed by atoms with E-state index in [0.717, 1.165) is 31.4 Å². The minimum atomic E-state index is -4.62. The summed E-state index contributed by atoms with van der Waals surface area (Å²) in [4.78, 5) is 11.4. The van der Waals surface area contributed by atoms with E-state index >= 15 is 0 Å². The number of alkyl halides is 3. The molecule has 9 heteroatoms. The molecule has 2 N–H and O–H groups in total. The molecule has 0 saturated heterocycles. The molecule has 0 aromatic heterocycles. The maximum Gasteiger partial charge on any atom is 0.402 e. The van der Waals surface area contributed by atoms with E-state index in [1.165, 1.54) is 16.9 Å². The number of hydrogen-bond acceptors (Lipinski definition) is 3. The molecular weight excluding hydrogens is 321 g/mol. The highest BCUT2D eigenvalue weighted by atomic mass is 32.2. The van der Waals surface area contributed by atoms with Crippen LogP contribution in [0.3, 0.4) is 0 Å². The zero-order chi connectivity index (χ0) is 16.4. The minimum absolute atomic E-state index is 0.0168. The Morgan fingerprint density at radius 2 is 1.77 bits per heavy atom. The van der Waals surface area contributed by atoms with E-state index < -0.39 is 22.7 Å². The quantitative estimate of drug-likeness (QED) is 0.866. The lowest BCUT2D eigenvalue weighted by molar-refractivity contribution is -0.122. The summed E-state index contributed by atoms with van der Waals surface area (Å²) >= 11 is 0. The van der Waals surface area contributed by atoms with Crippen LogP contribution in [0.4, 0.5) is 18.9 Å².